The molecule has 0 saturated carbocycles. The Balaban J connectivity index is 2.17. The van der Waals surface area contributed by atoms with Crippen LogP contribution in [0.25, 0.3) is 10.1 Å². The van der Waals surface area contributed by atoms with Gasteiger partial charge in [0.1, 0.15) is 5.75 Å². The van der Waals surface area contributed by atoms with E-state index >= 15 is 0 Å². The quantitative estimate of drug-likeness (QED) is 0.651. The fraction of sp³-hybridized carbons (Fsp3) is 0. The van der Waals surface area contributed by atoms with E-state index < -0.39 is 0 Å². The normalized spacial score (nSPS) is 10.8. The van der Waals surface area contributed by atoms with Crippen molar-refractivity contribution in [1.82, 2.24) is 0 Å². The van der Waals surface area contributed by atoms with Crippen LogP contribution in [0.1, 0.15) is 10.4 Å². The molecule has 2 aromatic carbocycles. The summed E-state index contributed by atoms with van der Waals surface area (Å²) in [6.07, 6.45) is 0. The standard InChI is InChI=1S/C15H10BrNOS/c16-11-7-3-1-5-9(11)13(17)15-14(18)10-6-2-4-8-12(10)19-15/h1-8,17-18H. The third kappa shape index (κ3) is 2.07. The number of rotatable bonds is 2. The van der Waals surface area contributed by atoms with Crippen molar-refractivity contribution < 1.29 is 5.11 Å². The van der Waals surface area contributed by atoms with Crippen LogP contribution in [-0.4, -0.2) is 10.8 Å². The van der Waals surface area contributed by atoms with Crippen molar-refractivity contribution >= 4 is 43.1 Å². The van der Waals surface area contributed by atoms with Crippen LogP contribution in [0, 0.1) is 5.41 Å². The number of hydrogen-bond acceptors (Lipinski definition) is 3. The number of fused-ring (bicyclic) bond motifs is 1. The van der Waals surface area contributed by atoms with Crippen molar-refractivity contribution in [1.29, 1.82) is 5.41 Å². The van der Waals surface area contributed by atoms with Gasteiger partial charge in [-0.2, -0.15) is 0 Å². The van der Waals surface area contributed by atoms with Crippen LogP contribution in [0.5, 0.6) is 5.75 Å². The molecular formula is C15H10BrNOS. The van der Waals surface area contributed by atoms with E-state index in [1.807, 2.05) is 48.5 Å². The van der Waals surface area contributed by atoms with E-state index in [1.165, 1.54) is 11.3 Å². The highest BCUT2D eigenvalue weighted by molar-refractivity contribution is 9.10. The first-order valence-electron chi connectivity index (χ1n) is 5.73. The van der Waals surface area contributed by atoms with Gasteiger partial charge in [0, 0.05) is 20.1 Å². The monoisotopic (exact) mass is 331 g/mol. The van der Waals surface area contributed by atoms with Crippen LogP contribution in [0.3, 0.4) is 0 Å². The molecule has 0 bridgehead atoms. The Morgan fingerprint density at radius 1 is 1.05 bits per heavy atom. The van der Waals surface area contributed by atoms with Crippen LogP contribution in [0.4, 0.5) is 0 Å². The van der Waals surface area contributed by atoms with Gasteiger partial charge in [-0.15, -0.1) is 11.3 Å². The molecule has 0 aliphatic heterocycles. The van der Waals surface area contributed by atoms with Gasteiger partial charge < -0.3 is 5.11 Å². The van der Waals surface area contributed by atoms with Gasteiger partial charge in [0.05, 0.1) is 10.6 Å². The summed E-state index contributed by atoms with van der Waals surface area (Å²) in [5, 5.41) is 19.4. The average Bonchev–Trinajstić information content (AvgIpc) is 2.77. The fourth-order valence-electron chi connectivity index (χ4n) is 1.99. The van der Waals surface area contributed by atoms with E-state index in [4.69, 9.17) is 5.41 Å². The van der Waals surface area contributed by atoms with Gasteiger partial charge in [-0.1, -0.05) is 46.3 Å². The van der Waals surface area contributed by atoms with Crippen LogP contribution in [0.2, 0.25) is 0 Å². The number of benzene rings is 2. The Morgan fingerprint density at radius 2 is 1.74 bits per heavy atom. The van der Waals surface area contributed by atoms with Gasteiger partial charge in [0.25, 0.3) is 0 Å². The smallest absolute Gasteiger partial charge is 0.143 e. The van der Waals surface area contributed by atoms with E-state index in [-0.39, 0.29) is 5.75 Å². The van der Waals surface area contributed by atoms with E-state index in [1.54, 1.807) is 0 Å². The molecule has 19 heavy (non-hydrogen) atoms. The van der Waals surface area contributed by atoms with Crippen LogP contribution >= 0.6 is 27.3 Å². The highest BCUT2D eigenvalue weighted by atomic mass is 79.9. The third-order valence-electron chi connectivity index (χ3n) is 2.94. The lowest BCUT2D eigenvalue weighted by Crippen LogP contribution is -1.99. The van der Waals surface area contributed by atoms with E-state index in [0.29, 0.717) is 10.6 Å². The zero-order chi connectivity index (χ0) is 13.4. The molecule has 0 aliphatic carbocycles. The number of hydrogen-bond donors (Lipinski definition) is 2. The topological polar surface area (TPSA) is 44.1 Å². The van der Waals surface area contributed by atoms with E-state index in [9.17, 15) is 5.11 Å². The third-order valence-corrected chi connectivity index (χ3v) is 4.81. The molecule has 0 saturated heterocycles. The molecule has 0 unspecified atom stereocenters. The lowest BCUT2D eigenvalue weighted by molar-refractivity contribution is 0.482. The van der Waals surface area contributed by atoms with Crippen molar-refractivity contribution in [2.24, 2.45) is 0 Å². The van der Waals surface area contributed by atoms with Gasteiger partial charge in [0.2, 0.25) is 0 Å². The van der Waals surface area contributed by atoms with Gasteiger partial charge >= 0.3 is 0 Å². The summed E-state index contributed by atoms with van der Waals surface area (Å²) >= 11 is 4.88. The number of nitrogens with one attached hydrogen (secondary N) is 1. The zero-order valence-corrected chi connectivity index (χ0v) is 12.3. The van der Waals surface area contributed by atoms with Crippen molar-refractivity contribution in [2.75, 3.05) is 0 Å². The van der Waals surface area contributed by atoms with Gasteiger partial charge in [-0.3, -0.25) is 5.41 Å². The second-order valence-electron chi connectivity index (χ2n) is 4.13. The zero-order valence-electron chi connectivity index (χ0n) is 9.85. The average molecular weight is 332 g/mol. The largest absolute Gasteiger partial charge is 0.506 e. The molecule has 4 heteroatoms. The first-order valence-corrected chi connectivity index (χ1v) is 7.34. The summed E-state index contributed by atoms with van der Waals surface area (Å²) in [5.74, 6) is 0.196. The van der Waals surface area contributed by atoms with Crippen molar-refractivity contribution in [2.45, 2.75) is 0 Å². The van der Waals surface area contributed by atoms with Crippen molar-refractivity contribution in [3.05, 3.63) is 63.4 Å². The maximum absolute atomic E-state index is 10.3. The summed E-state index contributed by atoms with van der Waals surface area (Å²) < 4.78 is 1.85. The number of thiophene rings is 1. The molecule has 0 spiro atoms. The lowest BCUT2D eigenvalue weighted by atomic mass is 10.1. The molecule has 0 aliphatic rings. The fourth-order valence-corrected chi connectivity index (χ4v) is 3.53. The van der Waals surface area contributed by atoms with E-state index in [0.717, 1.165) is 20.1 Å². The maximum atomic E-state index is 10.3. The van der Waals surface area contributed by atoms with Gasteiger partial charge in [-0.25, -0.2) is 0 Å². The molecule has 2 N–H and O–H groups in total. The maximum Gasteiger partial charge on any atom is 0.143 e. The molecular weight excluding hydrogens is 322 g/mol. The molecule has 1 aromatic heterocycles. The summed E-state index contributed by atoms with van der Waals surface area (Å²) in [4.78, 5) is 0.605. The summed E-state index contributed by atoms with van der Waals surface area (Å²) in [7, 11) is 0. The van der Waals surface area contributed by atoms with Gasteiger partial charge in [0.15, 0.2) is 0 Å². The highest BCUT2D eigenvalue weighted by Gasteiger charge is 2.17. The second kappa shape index (κ2) is 4.79. The Labute approximate surface area is 123 Å². The van der Waals surface area contributed by atoms with Gasteiger partial charge in [-0.05, 0) is 18.2 Å². The molecule has 3 rings (SSSR count). The minimum atomic E-state index is 0.196. The molecule has 94 valence electrons. The number of aromatic hydroxyl groups is 1. The lowest BCUT2D eigenvalue weighted by Gasteiger charge is -2.04. The number of halogens is 1. The summed E-state index contributed by atoms with van der Waals surface area (Å²) in [6.45, 7) is 0. The molecule has 2 nitrogen and oxygen atoms in total. The summed E-state index contributed by atoms with van der Waals surface area (Å²) in [5.41, 5.74) is 1.12. The highest BCUT2D eigenvalue weighted by Crippen LogP contribution is 2.38. The molecule has 0 fully saturated rings. The summed E-state index contributed by atoms with van der Waals surface area (Å²) in [6, 6.07) is 15.2. The molecule has 0 amide bonds. The van der Waals surface area contributed by atoms with Crippen LogP contribution in [0.15, 0.2) is 53.0 Å². The van der Waals surface area contributed by atoms with Crippen LogP contribution in [-0.2, 0) is 0 Å². The van der Waals surface area contributed by atoms with E-state index in [2.05, 4.69) is 15.9 Å². The molecule has 0 radical (unpaired) electrons. The Kier molecular flexibility index (Phi) is 3.12. The predicted molar refractivity (Wildman–Crippen MR) is 83.6 cm³/mol. The first-order chi connectivity index (χ1) is 9.18. The van der Waals surface area contributed by atoms with Crippen LogP contribution < -0.4 is 0 Å². The Morgan fingerprint density at radius 3 is 2.47 bits per heavy atom. The second-order valence-corrected chi connectivity index (χ2v) is 6.04. The molecule has 3 aromatic rings. The minimum Gasteiger partial charge on any atom is -0.506 e. The Hall–Kier alpha value is -1.65. The van der Waals surface area contributed by atoms with Crippen molar-refractivity contribution in [3.8, 4) is 5.75 Å². The SMILES string of the molecule is N=C(c1ccccc1Br)c1sc2ccccc2c1O. The predicted octanol–water partition coefficient (Wildman–Crippen LogP) is 4.79. The molecule has 1 heterocycles. The molecule has 0 atom stereocenters. The first kappa shape index (κ1) is 12.4. The Bertz CT molecular complexity index is 779. The van der Waals surface area contributed by atoms with Crippen molar-refractivity contribution in [3.63, 3.8) is 0 Å². The minimum absolute atomic E-state index is 0.196.